The predicted octanol–water partition coefficient (Wildman–Crippen LogP) is 3.49. The first-order valence-corrected chi connectivity index (χ1v) is 10.7. The number of nitriles is 1. The normalized spacial score (nSPS) is 15.8. The summed E-state index contributed by atoms with van der Waals surface area (Å²) in [6.07, 6.45) is 1.04. The summed E-state index contributed by atoms with van der Waals surface area (Å²) in [6, 6.07) is 7.66. The number of carboxylic acid groups (broad SMARTS) is 1. The number of benzene rings is 1. The van der Waals surface area contributed by atoms with Gasteiger partial charge in [0, 0.05) is 35.7 Å². The van der Waals surface area contributed by atoms with Crippen LogP contribution in [0.5, 0.6) is 0 Å². The van der Waals surface area contributed by atoms with E-state index in [-0.39, 0.29) is 23.4 Å². The lowest BCUT2D eigenvalue weighted by atomic mass is 9.80. The van der Waals surface area contributed by atoms with Crippen molar-refractivity contribution in [3.8, 4) is 6.07 Å². The van der Waals surface area contributed by atoms with Crippen LogP contribution in [0.4, 0.5) is 5.69 Å². The van der Waals surface area contributed by atoms with Gasteiger partial charge in [-0.2, -0.15) is 17.0 Å². The highest BCUT2D eigenvalue weighted by Gasteiger charge is 2.37. The quantitative estimate of drug-likeness (QED) is 0.239. The molecule has 1 heterocycles. The molecule has 0 bridgehead atoms. The van der Waals surface area contributed by atoms with Crippen LogP contribution < -0.4 is 5.32 Å². The fraction of sp³-hybridized carbons (Fsp3) is 0.381. The molecular formula is C21H23N3O6S. The summed E-state index contributed by atoms with van der Waals surface area (Å²) in [5.41, 5.74) is 0.967. The Bertz CT molecular complexity index is 980. The molecule has 10 heteroatoms. The van der Waals surface area contributed by atoms with Crippen LogP contribution >= 0.6 is 11.8 Å². The lowest BCUT2D eigenvalue weighted by molar-refractivity contribution is -0.384. The molecule has 0 saturated carbocycles. The van der Waals surface area contributed by atoms with Crippen LogP contribution in [0, 0.1) is 21.4 Å². The zero-order valence-corrected chi connectivity index (χ0v) is 18.0. The number of dihydropyridines is 1. The molecule has 2 N–H and O–H groups in total. The smallest absolute Gasteiger partial charge is 0.336 e. The highest BCUT2D eigenvalue weighted by atomic mass is 32.2. The number of nitro benzene ring substituents is 1. The van der Waals surface area contributed by atoms with Crippen LogP contribution in [0.25, 0.3) is 0 Å². The molecular weight excluding hydrogens is 422 g/mol. The molecule has 0 spiro atoms. The van der Waals surface area contributed by atoms with Gasteiger partial charge in [0.1, 0.15) is 0 Å². The van der Waals surface area contributed by atoms with E-state index in [1.54, 1.807) is 31.7 Å². The van der Waals surface area contributed by atoms with Crippen LogP contribution in [0.2, 0.25) is 0 Å². The van der Waals surface area contributed by atoms with Gasteiger partial charge in [-0.1, -0.05) is 12.1 Å². The number of hydrogen-bond donors (Lipinski definition) is 2. The highest BCUT2D eigenvalue weighted by Crippen LogP contribution is 2.39. The van der Waals surface area contributed by atoms with Crippen LogP contribution in [-0.2, 0) is 14.3 Å². The Hall–Kier alpha value is -3.32. The van der Waals surface area contributed by atoms with Crippen molar-refractivity contribution in [2.45, 2.75) is 32.6 Å². The van der Waals surface area contributed by atoms with Gasteiger partial charge in [0.2, 0.25) is 0 Å². The summed E-state index contributed by atoms with van der Waals surface area (Å²) in [5, 5.41) is 32.4. The maximum Gasteiger partial charge on any atom is 0.336 e. The zero-order valence-electron chi connectivity index (χ0n) is 17.2. The monoisotopic (exact) mass is 445 g/mol. The van der Waals surface area contributed by atoms with E-state index >= 15 is 0 Å². The number of carboxylic acids is 1. The summed E-state index contributed by atoms with van der Waals surface area (Å²) >= 11 is 1.58. The van der Waals surface area contributed by atoms with Gasteiger partial charge in [0.05, 0.1) is 34.7 Å². The lowest BCUT2D eigenvalue weighted by Gasteiger charge is -2.29. The molecule has 164 valence electrons. The molecule has 0 amide bonds. The van der Waals surface area contributed by atoms with Crippen molar-refractivity contribution in [1.82, 2.24) is 5.32 Å². The summed E-state index contributed by atoms with van der Waals surface area (Å²) in [4.78, 5) is 35.5. The number of ether oxygens (including phenoxy) is 1. The van der Waals surface area contributed by atoms with E-state index in [0.717, 1.165) is 5.75 Å². The maximum absolute atomic E-state index is 12.9. The SMILES string of the molecule is CC1=C(C(=O)O)C(c2cccc([N+](=O)[O-])c2)C(C(=O)OCCCSCCC#N)=C(C)N1. The van der Waals surface area contributed by atoms with Gasteiger partial charge < -0.3 is 15.2 Å². The summed E-state index contributed by atoms with van der Waals surface area (Å²) in [6.45, 7) is 3.36. The number of thioether (sulfide) groups is 1. The van der Waals surface area contributed by atoms with Crippen molar-refractivity contribution in [2.24, 2.45) is 0 Å². The van der Waals surface area contributed by atoms with Crippen molar-refractivity contribution in [3.63, 3.8) is 0 Å². The number of carbonyl (C=O) groups excluding carboxylic acids is 1. The summed E-state index contributed by atoms with van der Waals surface area (Å²) < 4.78 is 5.39. The predicted molar refractivity (Wildman–Crippen MR) is 115 cm³/mol. The number of nitrogens with zero attached hydrogens (tertiary/aromatic N) is 2. The van der Waals surface area contributed by atoms with Crippen molar-refractivity contribution in [1.29, 1.82) is 5.26 Å². The van der Waals surface area contributed by atoms with Gasteiger partial charge >= 0.3 is 11.9 Å². The average molecular weight is 445 g/mol. The Morgan fingerprint density at radius 1 is 1.29 bits per heavy atom. The number of allylic oxidation sites excluding steroid dienone is 2. The molecule has 1 atom stereocenters. The molecule has 0 saturated heterocycles. The molecule has 1 aromatic carbocycles. The lowest BCUT2D eigenvalue weighted by Crippen LogP contribution is -2.32. The number of carbonyl (C=O) groups is 2. The Morgan fingerprint density at radius 3 is 2.65 bits per heavy atom. The third-order valence-corrected chi connectivity index (χ3v) is 5.72. The Kier molecular flexibility index (Phi) is 8.63. The standard InChI is InChI=1S/C21H23N3O6S/c1-13-17(20(25)26)19(15-6-3-7-16(12-15)24(28)29)18(14(2)23-13)21(27)30-9-5-11-31-10-4-8-22/h3,6-7,12,19,23H,4-5,9-11H2,1-2H3,(H,25,26). The van der Waals surface area contributed by atoms with Crippen LogP contribution in [0.3, 0.4) is 0 Å². The number of hydrogen-bond acceptors (Lipinski definition) is 8. The van der Waals surface area contributed by atoms with E-state index in [4.69, 9.17) is 10.00 Å². The van der Waals surface area contributed by atoms with Crippen LogP contribution in [-0.4, -0.2) is 40.1 Å². The molecule has 0 fully saturated rings. The minimum absolute atomic E-state index is 0.0647. The van der Waals surface area contributed by atoms with E-state index in [2.05, 4.69) is 11.4 Å². The Labute approximate surface area is 183 Å². The fourth-order valence-corrected chi connectivity index (χ4v) is 4.08. The van der Waals surface area contributed by atoms with E-state index in [9.17, 15) is 24.8 Å². The first kappa shape index (κ1) is 24.0. The molecule has 9 nitrogen and oxygen atoms in total. The first-order chi connectivity index (χ1) is 14.8. The topological polar surface area (TPSA) is 143 Å². The van der Waals surface area contributed by atoms with Gasteiger partial charge in [-0.05, 0) is 31.6 Å². The number of aliphatic carboxylic acids is 1. The van der Waals surface area contributed by atoms with Crippen molar-refractivity contribution in [3.05, 3.63) is 62.5 Å². The fourth-order valence-electron chi connectivity index (χ4n) is 3.32. The van der Waals surface area contributed by atoms with Crippen molar-refractivity contribution >= 4 is 29.4 Å². The number of esters is 1. The summed E-state index contributed by atoms with van der Waals surface area (Å²) in [7, 11) is 0. The Morgan fingerprint density at radius 2 is 2.00 bits per heavy atom. The first-order valence-electron chi connectivity index (χ1n) is 9.56. The molecule has 1 aliphatic rings. The second-order valence-electron chi connectivity index (χ2n) is 6.80. The number of nitro groups is 1. The van der Waals surface area contributed by atoms with Crippen LogP contribution in [0.1, 0.15) is 38.2 Å². The van der Waals surface area contributed by atoms with Gasteiger partial charge in [0.15, 0.2) is 0 Å². The van der Waals surface area contributed by atoms with Crippen molar-refractivity contribution in [2.75, 3.05) is 18.1 Å². The maximum atomic E-state index is 12.9. The molecule has 0 aliphatic carbocycles. The third-order valence-electron chi connectivity index (χ3n) is 4.65. The van der Waals surface area contributed by atoms with Crippen molar-refractivity contribution < 1.29 is 24.4 Å². The molecule has 31 heavy (non-hydrogen) atoms. The largest absolute Gasteiger partial charge is 0.478 e. The zero-order chi connectivity index (χ0) is 23.0. The second-order valence-corrected chi connectivity index (χ2v) is 8.03. The molecule has 0 aromatic heterocycles. The summed E-state index contributed by atoms with van der Waals surface area (Å²) in [5.74, 6) is -1.47. The second kappa shape index (κ2) is 11.2. The van der Waals surface area contributed by atoms with Gasteiger partial charge in [0.25, 0.3) is 5.69 Å². The number of non-ortho nitro benzene ring substituents is 1. The highest BCUT2D eigenvalue weighted by molar-refractivity contribution is 7.99. The Balaban J connectivity index is 2.29. The average Bonchev–Trinajstić information content (AvgIpc) is 2.72. The molecule has 2 rings (SSSR count). The minimum Gasteiger partial charge on any atom is -0.478 e. The number of nitrogens with one attached hydrogen (secondary N) is 1. The van der Waals surface area contributed by atoms with E-state index in [1.807, 2.05) is 0 Å². The third kappa shape index (κ3) is 6.08. The van der Waals surface area contributed by atoms with Crippen LogP contribution in [0.15, 0.2) is 46.8 Å². The number of rotatable bonds is 10. The van der Waals surface area contributed by atoms with E-state index in [0.29, 0.717) is 35.6 Å². The molecule has 0 radical (unpaired) electrons. The molecule has 1 aromatic rings. The minimum atomic E-state index is -1.23. The van der Waals surface area contributed by atoms with Gasteiger partial charge in [-0.3, -0.25) is 10.1 Å². The van der Waals surface area contributed by atoms with E-state index < -0.39 is 22.8 Å². The molecule has 1 aliphatic heterocycles. The van der Waals surface area contributed by atoms with Gasteiger partial charge in [-0.15, -0.1) is 0 Å². The van der Waals surface area contributed by atoms with Gasteiger partial charge in [-0.25, -0.2) is 9.59 Å². The molecule has 1 unspecified atom stereocenters. The van der Waals surface area contributed by atoms with E-state index in [1.165, 1.54) is 18.2 Å².